The number of nitriles is 1. The van der Waals surface area contributed by atoms with Crippen LogP contribution in [0.25, 0.3) is 37.7 Å². The molecule has 35 heteroatoms. The molecule has 27 nitrogen and oxygen atoms in total. The summed E-state index contributed by atoms with van der Waals surface area (Å²) < 4.78 is 174. The quantitative estimate of drug-likeness (QED) is 0.0190. The first kappa shape index (κ1) is 58.4. The standard InChI is InChI=1S/C44H37ClN10O17S7/c1-21-12-32(51-53-39-23(3)27(20-46)42-47-31-19-37(78(66,67)68)28(45)16-34(31)55(42)43(39)56)35(72-8-4-10-75(57,58)59)17-29(21)49-52-33-13-22(2)30(18-36(33)73-9-5-11-76(60,61)62)50-54-44-48-40-38(79(69,70)71)14-24-6-7-25(77(63,64)65)15-26(24)41(40)74-44/h6-7,12-19,56H,4-5,8-11H2,1-3H3,(H,57,58,59)(H,60,61,62)(H,63,64,65)(H,66,67,68)(H,69,70,71). The van der Waals surface area contributed by atoms with Gasteiger partial charge in [0.05, 0.1) is 60.8 Å². The van der Waals surface area contributed by atoms with E-state index in [0.29, 0.717) is 16.0 Å². The maximum atomic E-state index is 12.5. The fourth-order valence-corrected chi connectivity index (χ4v) is 13.0. The lowest BCUT2D eigenvalue weighted by Crippen LogP contribution is -2.08. The number of fused-ring (bicyclic) bond motifs is 6. The van der Waals surface area contributed by atoms with E-state index in [2.05, 4.69) is 40.7 Å². The molecule has 3 aromatic heterocycles. The van der Waals surface area contributed by atoms with Crippen LogP contribution in [0.4, 0.5) is 33.6 Å². The number of nitrogens with zero attached hydrogens (tertiary/aromatic N) is 10. The van der Waals surface area contributed by atoms with Crippen LogP contribution in [0.3, 0.4) is 0 Å². The molecule has 0 spiro atoms. The number of aryl methyl sites for hydroxylation is 2. The van der Waals surface area contributed by atoms with Crippen molar-refractivity contribution < 1.29 is 74.7 Å². The lowest BCUT2D eigenvalue weighted by Gasteiger charge is -2.12. The highest BCUT2D eigenvalue weighted by molar-refractivity contribution is 7.99. The van der Waals surface area contributed by atoms with Crippen LogP contribution in [0.15, 0.2) is 111 Å². The topological polar surface area (TPSA) is 429 Å². The lowest BCUT2D eigenvalue weighted by molar-refractivity contribution is 0.317. The zero-order valence-corrected chi connectivity index (χ0v) is 46.9. The number of rotatable bonds is 19. The van der Waals surface area contributed by atoms with Gasteiger partial charge in [-0.05, 0) is 104 Å². The minimum Gasteiger partial charge on any atom is -0.493 e. The molecule has 0 saturated carbocycles. The zero-order chi connectivity index (χ0) is 57.7. The van der Waals surface area contributed by atoms with Crippen LogP contribution >= 0.6 is 34.7 Å². The Balaban J connectivity index is 1.18. The summed E-state index contributed by atoms with van der Waals surface area (Å²) in [6, 6.07) is 14.4. The Morgan fingerprint density at radius 3 is 1.97 bits per heavy atom. The Morgan fingerprint density at radius 1 is 0.709 bits per heavy atom. The van der Waals surface area contributed by atoms with Gasteiger partial charge in [0.15, 0.2) is 11.3 Å². The number of hydrogen-bond donors (Lipinski definition) is 6. The van der Waals surface area contributed by atoms with Gasteiger partial charge in [-0.3, -0.25) is 27.2 Å². The number of aromatic nitrogens is 3. The Hall–Kier alpha value is -6.72. The summed E-state index contributed by atoms with van der Waals surface area (Å²) in [4.78, 5) is 7.14. The maximum absolute atomic E-state index is 12.5. The van der Waals surface area contributed by atoms with Crippen molar-refractivity contribution in [3.63, 3.8) is 0 Å². The number of pyridine rings is 1. The maximum Gasteiger partial charge on any atom is 0.296 e. The van der Waals surface area contributed by atoms with Crippen LogP contribution in [0.5, 0.6) is 11.6 Å². The molecule has 79 heavy (non-hydrogen) atoms. The van der Waals surface area contributed by atoms with E-state index in [1.54, 1.807) is 19.9 Å². The van der Waals surface area contributed by atoms with Crippen molar-refractivity contribution in [2.24, 2.45) is 30.7 Å². The summed E-state index contributed by atoms with van der Waals surface area (Å²) in [5.74, 6) is -1.80. The molecule has 8 rings (SSSR count). The second-order valence-electron chi connectivity index (χ2n) is 17.0. The van der Waals surface area contributed by atoms with Gasteiger partial charge >= 0.3 is 0 Å². The van der Waals surface area contributed by atoms with Crippen LogP contribution in [-0.4, -0.2) is 108 Å². The van der Waals surface area contributed by atoms with E-state index in [0.717, 1.165) is 57.8 Å². The molecular formula is C44H37ClN10O17S7. The van der Waals surface area contributed by atoms with Gasteiger partial charge in [-0.25, -0.2) is 9.97 Å². The van der Waals surface area contributed by atoms with Crippen LogP contribution in [0.1, 0.15) is 35.1 Å². The fraction of sp³-hybridized carbons (Fsp3) is 0.205. The van der Waals surface area contributed by atoms with Gasteiger partial charge in [0.25, 0.3) is 50.6 Å². The van der Waals surface area contributed by atoms with E-state index >= 15 is 0 Å². The minimum atomic E-state index is -4.88. The summed E-state index contributed by atoms with van der Waals surface area (Å²) in [6.45, 7) is 4.37. The highest BCUT2D eigenvalue weighted by Crippen LogP contribution is 2.44. The average Bonchev–Trinajstić information content (AvgIpc) is 4.13. The molecule has 0 aliphatic rings. The highest BCUT2D eigenvalue weighted by Gasteiger charge is 2.26. The SMILES string of the molecule is Cc1cc(N=Nc2cc(OCCCS(=O)(=O)O)c(N=Nc3c(C)c(C#N)c4nc5cc(S(=O)(=O)O)c(Cl)cc5n4c3O)cc2C)c(SCCCS(=O)(=O)O)cc1N=Nc1nc2c(S(=O)(=O)O)cc3ccc(S(=O)(=O)O)cc3c2s1. The second-order valence-corrected chi connectivity index (χ2v) is 26.8. The second kappa shape index (κ2) is 22.1. The first-order chi connectivity index (χ1) is 36.8. The lowest BCUT2D eigenvalue weighted by atomic mass is 10.1. The van der Waals surface area contributed by atoms with Crippen molar-refractivity contribution in [3.05, 3.63) is 87.9 Å². The van der Waals surface area contributed by atoms with Gasteiger partial charge in [0.1, 0.15) is 38.4 Å². The van der Waals surface area contributed by atoms with Crippen LogP contribution < -0.4 is 4.74 Å². The van der Waals surface area contributed by atoms with Gasteiger partial charge in [-0.15, -0.1) is 37.3 Å². The van der Waals surface area contributed by atoms with Crippen LogP contribution in [-0.2, 0) is 50.6 Å². The van der Waals surface area contributed by atoms with E-state index < -0.39 is 87.7 Å². The van der Waals surface area contributed by atoms with Crippen molar-refractivity contribution in [2.45, 2.75) is 53.2 Å². The number of thioether (sulfide) groups is 1. The first-order valence-corrected chi connectivity index (χ1v) is 31.8. The number of azo groups is 3. The molecule has 0 bridgehead atoms. The predicted octanol–water partition coefficient (Wildman–Crippen LogP) is 10.4. The van der Waals surface area contributed by atoms with Crippen molar-refractivity contribution in [1.82, 2.24) is 14.4 Å². The van der Waals surface area contributed by atoms with Crippen molar-refractivity contribution >= 4 is 157 Å². The van der Waals surface area contributed by atoms with E-state index in [1.807, 2.05) is 6.07 Å². The Labute approximate surface area is 461 Å². The van der Waals surface area contributed by atoms with Gasteiger partial charge in [-0.1, -0.05) is 29.0 Å². The van der Waals surface area contributed by atoms with E-state index in [-0.39, 0.29) is 113 Å². The normalized spacial score (nSPS) is 13.1. The summed E-state index contributed by atoms with van der Waals surface area (Å²) in [5.41, 5.74) is 0.676. The number of thiazole rings is 1. The number of aromatic hydroxyl groups is 1. The van der Waals surface area contributed by atoms with Crippen LogP contribution in [0, 0.1) is 32.1 Å². The molecule has 0 aliphatic heterocycles. The Bertz CT molecular complexity index is 4620. The number of ether oxygens (including phenoxy) is 1. The molecule has 0 fully saturated rings. The van der Waals surface area contributed by atoms with E-state index in [4.69, 9.17) is 16.3 Å². The molecule has 0 atom stereocenters. The first-order valence-electron chi connectivity index (χ1n) is 22.1. The summed E-state index contributed by atoms with van der Waals surface area (Å²) >= 11 is 8.09. The minimum absolute atomic E-state index is 0.0125. The molecule has 3 heterocycles. The summed E-state index contributed by atoms with van der Waals surface area (Å²) in [6.07, 6.45) is -0.209. The molecule has 5 aromatic carbocycles. The van der Waals surface area contributed by atoms with Gasteiger partial charge in [0, 0.05) is 21.9 Å². The summed E-state index contributed by atoms with van der Waals surface area (Å²) in [5, 5.41) is 47.6. The van der Waals surface area contributed by atoms with Gasteiger partial charge < -0.3 is 9.84 Å². The Morgan fingerprint density at radius 2 is 1.33 bits per heavy atom. The molecule has 0 saturated heterocycles. The number of benzene rings is 5. The largest absolute Gasteiger partial charge is 0.493 e. The highest BCUT2D eigenvalue weighted by atomic mass is 35.5. The number of hydrogen-bond acceptors (Lipinski definition) is 23. The molecule has 0 amide bonds. The van der Waals surface area contributed by atoms with Crippen molar-refractivity contribution in [3.8, 4) is 17.7 Å². The predicted molar refractivity (Wildman–Crippen MR) is 289 cm³/mol. The monoisotopic (exact) mass is 1240 g/mol. The molecule has 6 N–H and O–H groups in total. The smallest absolute Gasteiger partial charge is 0.296 e. The van der Waals surface area contributed by atoms with Crippen molar-refractivity contribution in [2.75, 3.05) is 23.9 Å². The third kappa shape index (κ3) is 13.2. The van der Waals surface area contributed by atoms with Gasteiger partial charge in [0.2, 0.25) is 11.0 Å². The molecule has 8 aromatic rings. The van der Waals surface area contributed by atoms with E-state index in [9.17, 15) is 75.2 Å². The molecule has 0 unspecified atom stereocenters. The Kier molecular flexibility index (Phi) is 16.3. The molecular weight excluding hydrogens is 1200 g/mol. The van der Waals surface area contributed by atoms with Crippen molar-refractivity contribution in [1.29, 1.82) is 5.26 Å². The number of halogens is 1. The number of imidazole rings is 1. The third-order valence-corrected chi connectivity index (χ3v) is 18.1. The molecule has 414 valence electrons. The summed E-state index contributed by atoms with van der Waals surface area (Å²) in [7, 11) is -23.1. The molecule has 0 radical (unpaired) electrons. The fourth-order valence-electron chi connectivity index (χ4n) is 7.68. The third-order valence-electron chi connectivity index (χ3n) is 11.4. The molecule has 0 aliphatic carbocycles. The van der Waals surface area contributed by atoms with Gasteiger partial charge in [-0.2, -0.15) is 52.5 Å². The average molecular weight is 1240 g/mol. The van der Waals surface area contributed by atoms with E-state index in [1.165, 1.54) is 31.2 Å². The zero-order valence-electron chi connectivity index (χ0n) is 40.4. The van der Waals surface area contributed by atoms with Crippen LogP contribution in [0.2, 0.25) is 5.02 Å².